The molecule has 1 aromatic carbocycles. The van der Waals surface area contributed by atoms with Gasteiger partial charge < -0.3 is 16.0 Å². The lowest BCUT2D eigenvalue weighted by Gasteiger charge is -2.06. The highest BCUT2D eigenvalue weighted by Gasteiger charge is 2.06. The SMILES string of the molecule is CNCc1ccc(Sc2nc(N)cc(=O)[nH]2)c(Br)c1. The second kappa shape index (κ2) is 6.23. The monoisotopic (exact) mass is 340 g/mol. The predicted molar refractivity (Wildman–Crippen MR) is 80.3 cm³/mol. The zero-order valence-electron chi connectivity index (χ0n) is 10.2. The maximum absolute atomic E-state index is 11.3. The number of anilines is 1. The van der Waals surface area contributed by atoms with E-state index in [2.05, 4.69) is 31.2 Å². The molecule has 0 saturated carbocycles. The molecule has 0 aliphatic heterocycles. The summed E-state index contributed by atoms with van der Waals surface area (Å²) in [5.41, 5.74) is 6.47. The summed E-state index contributed by atoms with van der Waals surface area (Å²) in [6.07, 6.45) is 0. The van der Waals surface area contributed by atoms with Crippen LogP contribution in [0.5, 0.6) is 0 Å². The van der Waals surface area contributed by atoms with Crippen molar-refractivity contribution in [3.8, 4) is 0 Å². The maximum atomic E-state index is 11.3. The number of aromatic amines is 1. The van der Waals surface area contributed by atoms with E-state index in [9.17, 15) is 4.79 Å². The molecule has 5 nitrogen and oxygen atoms in total. The van der Waals surface area contributed by atoms with Gasteiger partial charge in [-0.3, -0.25) is 4.79 Å². The molecular weight excluding hydrogens is 328 g/mol. The second-order valence-corrected chi connectivity index (χ2v) is 5.76. The summed E-state index contributed by atoms with van der Waals surface area (Å²) in [7, 11) is 1.90. The van der Waals surface area contributed by atoms with Gasteiger partial charge in [-0.15, -0.1) is 0 Å². The van der Waals surface area contributed by atoms with Crippen LogP contribution < -0.4 is 16.6 Å². The normalized spacial score (nSPS) is 10.6. The van der Waals surface area contributed by atoms with Crippen LogP contribution in [0.3, 0.4) is 0 Å². The van der Waals surface area contributed by atoms with Crippen molar-refractivity contribution in [3.05, 3.63) is 44.7 Å². The van der Waals surface area contributed by atoms with Gasteiger partial charge in [0, 0.05) is 22.0 Å². The van der Waals surface area contributed by atoms with E-state index in [0.717, 1.165) is 15.9 Å². The molecule has 0 saturated heterocycles. The number of nitrogen functional groups attached to an aromatic ring is 1. The fourth-order valence-corrected chi connectivity index (χ4v) is 3.02. The Morgan fingerprint density at radius 1 is 1.47 bits per heavy atom. The Morgan fingerprint density at radius 3 is 2.89 bits per heavy atom. The Bertz CT molecular complexity index is 644. The Balaban J connectivity index is 2.25. The highest BCUT2D eigenvalue weighted by molar-refractivity contribution is 9.10. The minimum Gasteiger partial charge on any atom is -0.383 e. The van der Waals surface area contributed by atoms with Crippen LogP contribution in [0, 0.1) is 0 Å². The van der Waals surface area contributed by atoms with E-state index >= 15 is 0 Å². The molecule has 0 amide bonds. The lowest BCUT2D eigenvalue weighted by Crippen LogP contribution is -2.09. The molecular formula is C12H13BrN4OS. The molecule has 100 valence electrons. The van der Waals surface area contributed by atoms with Gasteiger partial charge in [0.1, 0.15) is 5.82 Å². The number of hydrogen-bond donors (Lipinski definition) is 3. The number of benzene rings is 1. The van der Waals surface area contributed by atoms with Crippen LogP contribution in [0.2, 0.25) is 0 Å². The van der Waals surface area contributed by atoms with Gasteiger partial charge in [-0.1, -0.05) is 17.8 Å². The molecule has 0 aliphatic carbocycles. The number of nitrogens with zero attached hydrogens (tertiary/aromatic N) is 1. The smallest absolute Gasteiger partial charge is 0.253 e. The van der Waals surface area contributed by atoms with Crippen molar-refractivity contribution in [1.82, 2.24) is 15.3 Å². The quantitative estimate of drug-likeness (QED) is 0.741. The van der Waals surface area contributed by atoms with Crippen LogP contribution in [0.4, 0.5) is 5.82 Å². The van der Waals surface area contributed by atoms with Gasteiger partial charge in [0.05, 0.1) is 0 Å². The zero-order chi connectivity index (χ0) is 13.8. The van der Waals surface area contributed by atoms with E-state index in [-0.39, 0.29) is 11.4 Å². The van der Waals surface area contributed by atoms with Crippen LogP contribution in [0.1, 0.15) is 5.56 Å². The Morgan fingerprint density at radius 2 is 2.26 bits per heavy atom. The lowest BCUT2D eigenvalue weighted by atomic mass is 10.2. The van der Waals surface area contributed by atoms with Crippen molar-refractivity contribution >= 4 is 33.5 Å². The van der Waals surface area contributed by atoms with Crippen molar-refractivity contribution < 1.29 is 0 Å². The van der Waals surface area contributed by atoms with Gasteiger partial charge in [0.25, 0.3) is 5.56 Å². The van der Waals surface area contributed by atoms with Crippen molar-refractivity contribution in [2.24, 2.45) is 0 Å². The average Bonchev–Trinajstić information content (AvgIpc) is 2.32. The van der Waals surface area contributed by atoms with Crippen LogP contribution >= 0.6 is 27.7 Å². The second-order valence-electron chi connectivity index (χ2n) is 3.87. The van der Waals surface area contributed by atoms with Crippen molar-refractivity contribution in [2.45, 2.75) is 16.6 Å². The van der Waals surface area contributed by atoms with Crippen LogP contribution in [0.15, 0.2) is 43.6 Å². The number of hydrogen-bond acceptors (Lipinski definition) is 5. The van der Waals surface area contributed by atoms with Gasteiger partial charge in [-0.05, 0) is 40.7 Å². The molecule has 7 heteroatoms. The Labute approximate surface area is 123 Å². The van der Waals surface area contributed by atoms with Crippen LogP contribution in [0.25, 0.3) is 0 Å². The molecule has 2 aromatic rings. The van der Waals surface area contributed by atoms with E-state index in [1.54, 1.807) is 0 Å². The topological polar surface area (TPSA) is 83.8 Å². The van der Waals surface area contributed by atoms with Crippen molar-refractivity contribution in [2.75, 3.05) is 12.8 Å². The summed E-state index contributed by atoms with van der Waals surface area (Å²) < 4.78 is 0.954. The molecule has 0 radical (unpaired) electrons. The number of H-pyrrole nitrogens is 1. The van der Waals surface area contributed by atoms with Crippen molar-refractivity contribution in [3.63, 3.8) is 0 Å². The molecule has 0 aliphatic rings. The minimum absolute atomic E-state index is 0.217. The van der Waals surface area contributed by atoms with Gasteiger partial charge >= 0.3 is 0 Å². The largest absolute Gasteiger partial charge is 0.383 e. The highest BCUT2D eigenvalue weighted by Crippen LogP contribution is 2.32. The number of rotatable bonds is 4. The van der Waals surface area contributed by atoms with Gasteiger partial charge in [0.2, 0.25) is 0 Å². The van der Waals surface area contributed by atoms with E-state index < -0.39 is 0 Å². The molecule has 4 N–H and O–H groups in total. The molecule has 19 heavy (non-hydrogen) atoms. The molecule has 0 bridgehead atoms. The van der Waals surface area contributed by atoms with E-state index in [4.69, 9.17) is 5.73 Å². The molecule has 1 aromatic heterocycles. The summed E-state index contributed by atoms with van der Waals surface area (Å²) in [4.78, 5) is 19.0. The first-order valence-corrected chi connectivity index (χ1v) is 7.17. The number of aromatic nitrogens is 2. The fraction of sp³-hybridized carbons (Fsp3) is 0.167. The average molecular weight is 341 g/mol. The van der Waals surface area contributed by atoms with E-state index in [1.165, 1.54) is 23.4 Å². The molecule has 0 fully saturated rings. The number of halogens is 1. The minimum atomic E-state index is -0.252. The zero-order valence-corrected chi connectivity index (χ0v) is 12.6. The first kappa shape index (κ1) is 14.1. The Kier molecular flexibility index (Phi) is 4.62. The first-order valence-electron chi connectivity index (χ1n) is 5.56. The van der Waals surface area contributed by atoms with Crippen LogP contribution in [-0.4, -0.2) is 17.0 Å². The van der Waals surface area contributed by atoms with E-state index in [1.807, 2.05) is 25.2 Å². The molecule has 0 atom stereocenters. The van der Waals surface area contributed by atoms with Gasteiger partial charge in [-0.2, -0.15) is 0 Å². The van der Waals surface area contributed by atoms with Gasteiger partial charge in [-0.25, -0.2) is 4.98 Å². The third-order valence-electron chi connectivity index (χ3n) is 2.32. The van der Waals surface area contributed by atoms with Crippen molar-refractivity contribution in [1.29, 1.82) is 0 Å². The third kappa shape index (κ3) is 3.82. The first-order chi connectivity index (χ1) is 9.08. The predicted octanol–water partition coefficient (Wildman–Crippen LogP) is 1.99. The number of nitrogens with one attached hydrogen (secondary N) is 2. The molecule has 2 rings (SSSR count). The summed E-state index contributed by atoms with van der Waals surface area (Å²) in [6, 6.07) is 7.29. The maximum Gasteiger partial charge on any atom is 0.253 e. The Hall–Kier alpha value is -1.31. The third-order valence-corrected chi connectivity index (χ3v) is 4.20. The van der Waals surface area contributed by atoms with Gasteiger partial charge in [0.15, 0.2) is 5.16 Å². The summed E-state index contributed by atoms with van der Waals surface area (Å²) in [5.74, 6) is 0.217. The standard InChI is InChI=1S/C12H13BrN4OS/c1-15-6-7-2-3-9(8(13)4-7)19-12-16-10(14)5-11(18)17-12/h2-5,15H,6H2,1H3,(H3,14,16,17,18). The summed E-state index contributed by atoms with van der Waals surface area (Å²) >= 11 is 4.87. The molecule has 1 heterocycles. The molecule has 0 spiro atoms. The number of nitrogens with two attached hydrogens (primary N) is 1. The summed E-state index contributed by atoms with van der Waals surface area (Å²) in [5, 5.41) is 3.57. The fourth-order valence-electron chi connectivity index (χ4n) is 1.55. The lowest BCUT2D eigenvalue weighted by molar-refractivity contribution is 0.816. The molecule has 0 unspecified atom stereocenters. The highest BCUT2D eigenvalue weighted by atomic mass is 79.9. The van der Waals surface area contributed by atoms with Crippen LogP contribution in [-0.2, 0) is 6.54 Å². The van der Waals surface area contributed by atoms with E-state index in [0.29, 0.717) is 5.16 Å². The summed E-state index contributed by atoms with van der Waals surface area (Å²) in [6.45, 7) is 0.802.